The first kappa shape index (κ1) is 12.1. The fourth-order valence-corrected chi connectivity index (χ4v) is 2.56. The van der Waals surface area contributed by atoms with Crippen LogP contribution < -0.4 is 11.3 Å². The van der Waals surface area contributed by atoms with Gasteiger partial charge >= 0.3 is 0 Å². The largest absolute Gasteiger partial charge is 0.271 e. The van der Waals surface area contributed by atoms with E-state index in [-0.39, 0.29) is 6.04 Å². The van der Waals surface area contributed by atoms with E-state index in [1.807, 2.05) is 13.0 Å². The Balaban J connectivity index is 2.15. The van der Waals surface area contributed by atoms with Gasteiger partial charge in [-0.3, -0.25) is 11.3 Å². The minimum absolute atomic E-state index is 0.0236. The van der Waals surface area contributed by atoms with Crippen molar-refractivity contribution in [2.75, 3.05) is 0 Å². The van der Waals surface area contributed by atoms with E-state index < -0.39 is 0 Å². The average molecular weight is 249 g/mol. The zero-order chi connectivity index (χ0) is 12.3. The number of aryl methyl sites for hydroxylation is 2. The highest BCUT2D eigenvalue weighted by molar-refractivity contribution is 7.11. The minimum Gasteiger partial charge on any atom is -0.271 e. The Bertz CT molecular complexity index is 462. The monoisotopic (exact) mass is 249 g/mol. The first-order valence-electron chi connectivity index (χ1n) is 5.36. The second-order valence-electron chi connectivity index (χ2n) is 3.85. The van der Waals surface area contributed by atoms with Gasteiger partial charge in [-0.2, -0.15) is 10.2 Å². The molecule has 0 aliphatic heterocycles. The van der Waals surface area contributed by atoms with Gasteiger partial charge in [-0.25, -0.2) is 4.98 Å². The van der Waals surface area contributed by atoms with Crippen molar-refractivity contribution in [2.24, 2.45) is 5.84 Å². The van der Waals surface area contributed by atoms with Crippen LogP contribution in [0.5, 0.6) is 0 Å². The Morgan fingerprint density at radius 3 is 2.76 bits per heavy atom. The first-order valence-corrected chi connectivity index (χ1v) is 6.18. The van der Waals surface area contributed by atoms with Crippen LogP contribution in [0.15, 0.2) is 18.5 Å². The summed E-state index contributed by atoms with van der Waals surface area (Å²) in [6, 6.07) is 1.93. The lowest BCUT2D eigenvalue weighted by molar-refractivity contribution is 0.547. The summed E-state index contributed by atoms with van der Waals surface area (Å²) in [5, 5.41) is 8.69. The second-order valence-corrected chi connectivity index (χ2v) is 5.14. The van der Waals surface area contributed by atoms with Gasteiger partial charge in [0.05, 0.1) is 22.9 Å². The normalized spacial score (nSPS) is 12.6. The molecule has 0 aromatic carbocycles. The van der Waals surface area contributed by atoms with Gasteiger partial charge in [-0.05, 0) is 25.5 Å². The van der Waals surface area contributed by atoms with Gasteiger partial charge in [0.15, 0.2) is 0 Å². The van der Waals surface area contributed by atoms with Crippen LogP contribution in [0.2, 0.25) is 0 Å². The number of nitrogens with zero attached hydrogens (tertiary/aromatic N) is 3. The summed E-state index contributed by atoms with van der Waals surface area (Å²) in [4.78, 5) is 5.76. The van der Waals surface area contributed by atoms with Gasteiger partial charge in [-0.15, -0.1) is 11.3 Å². The molecule has 2 aromatic heterocycles. The number of thiazole rings is 1. The van der Waals surface area contributed by atoms with Crippen molar-refractivity contribution in [3.05, 3.63) is 39.6 Å². The van der Waals surface area contributed by atoms with Gasteiger partial charge in [-0.1, -0.05) is 0 Å². The van der Waals surface area contributed by atoms with Crippen LogP contribution in [0, 0.1) is 13.8 Å². The molecule has 90 valence electrons. The molecule has 0 aliphatic rings. The van der Waals surface area contributed by atoms with Crippen molar-refractivity contribution in [3.63, 3.8) is 0 Å². The molecule has 6 heteroatoms. The Morgan fingerprint density at radius 2 is 2.24 bits per heavy atom. The summed E-state index contributed by atoms with van der Waals surface area (Å²) < 4.78 is 0. The summed E-state index contributed by atoms with van der Waals surface area (Å²) in [6.45, 7) is 4.10. The summed E-state index contributed by atoms with van der Waals surface area (Å²) in [7, 11) is 0. The molecular weight excluding hydrogens is 234 g/mol. The summed E-state index contributed by atoms with van der Waals surface area (Å²) in [5.41, 5.74) is 4.91. The predicted molar refractivity (Wildman–Crippen MR) is 67.4 cm³/mol. The molecule has 1 atom stereocenters. The molecule has 2 rings (SSSR count). The highest BCUT2D eigenvalue weighted by Gasteiger charge is 2.13. The third-order valence-corrected chi connectivity index (χ3v) is 3.76. The SMILES string of the molecule is Cc1nc(CC(NN)c2ccnnc2)sc1C. The molecule has 0 saturated heterocycles. The highest BCUT2D eigenvalue weighted by atomic mass is 32.1. The fourth-order valence-electron chi connectivity index (χ4n) is 1.58. The topological polar surface area (TPSA) is 76.7 Å². The van der Waals surface area contributed by atoms with Crippen LogP contribution in [0.25, 0.3) is 0 Å². The van der Waals surface area contributed by atoms with E-state index in [0.29, 0.717) is 0 Å². The molecule has 0 radical (unpaired) electrons. The molecule has 0 bridgehead atoms. The van der Waals surface area contributed by atoms with E-state index in [0.717, 1.165) is 22.7 Å². The summed E-state index contributed by atoms with van der Waals surface area (Å²) in [6.07, 6.45) is 4.15. The number of hydrazine groups is 1. The fraction of sp³-hybridized carbons (Fsp3) is 0.364. The molecule has 2 aromatic rings. The van der Waals surface area contributed by atoms with Crippen molar-refractivity contribution in [3.8, 4) is 0 Å². The Morgan fingerprint density at radius 1 is 1.41 bits per heavy atom. The maximum Gasteiger partial charge on any atom is 0.0950 e. The Labute approximate surface area is 104 Å². The van der Waals surface area contributed by atoms with Crippen LogP contribution in [0.1, 0.15) is 27.2 Å². The lowest BCUT2D eigenvalue weighted by Crippen LogP contribution is -2.29. The molecule has 0 spiro atoms. The molecule has 0 saturated carbocycles. The number of nitrogens with two attached hydrogens (primary N) is 1. The van der Waals surface area contributed by atoms with Crippen LogP contribution in [0.4, 0.5) is 0 Å². The van der Waals surface area contributed by atoms with Gasteiger partial charge in [0.1, 0.15) is 0 Å². The van der Waals surface area contributed by atoms with Crippen molar-refractivity contribution in [1.82, 2.24) is 20.6 Å². The minimum atomic E-state index is 0.0236. The Kier molecular flexibility index (Phi) is 3.78. The average Bonchev–Trinajstić information content (AvgIpc) is 2.67. The maximum absolute atomic E-state index is 5.58. The van der Waals surface area contributed by atoms with E-state index in [2.05, 4.69) is 27.5 Å². The summed E-state index contributed by atoms with van der Waals surface area (Å²) >= 11 is 1.71. The van der Waals surface area contributed by atoms with Gasteiger partial charge in [0.25, 0.3) is 0 Å². The second kappa shape index (κ2) is 5.31. The van der Waals surface area contributed by atoms with Crippen LogP contribution in [-0.2, 0) is 6.42 Å². The molecule has 3 N–H and O–H groups in total. The lowest BCUT2D eigenvalue weighted by Gasteiger charge is -2.13. The van der Waals surface area contributed by atoms with Crippen molar-refractivity contribution in [1.29, 1.82) is 0 Å². The molecule has 5 nitrogen and oxygen atoms in total. The molecule has 0 aliphatic carbocycles. The number of rotatable bonds is 4. The third kappa shape index (κ3) is 2.85. The number of aromatic nitrogens is 3. The number of nitrogens with one attached hydrogen (secondary N) is 1. The molecule has 0 amide bonds. The van der Waals surface area contributed by atoms with Gasteiger partial charge in [0, 0.05) is 17.5 Å². The standard InChI is InChI=1S/C11H15N5S/c1-7-8(2)17-11(15-7)5-10(16-12)9-3-4-13-14-6-9/h3-4,6,10,16H,5,12H2,1-2H3. The highest BCUT2D eigenvalue weighted by Crippen LogP contribution is 2.22. The van der Waals surface area contributed by atoms with E-state index in [1.165, 1.54) is 4.88 Å². The van der Waals surface area contributed by atoms with Crippen LogP contribution >= 0.6 is 11.3 Å². The van der Waals surface area contributed by atoms with Gasteiger partial charge < -0.3 is 0 Å². The zero-order valence-corrected chi connectivity index (χ0v) is 10.7. The third-order valence-electron chi connectivity index (χ3n) is 2.66. The smallest absolute Gasteiger partial charge is 0.0950 e. The van der Waals surface area contributed by atoms with Crippen molar-refractivity contribution in [2.45, 2.75) is 26.3 Å². The quantitative estimate of drug-likeness (QED) is 0.631. The predicted octanol–water partition coefficient (Wildman–Crippen LogP) is 1.30. The number of hydrogen-bond acceptors (Lipinski definition) is 6. The number of hydrogen-bond donors (Lipinski definition) is 2. The van der Waals surface area contributed by atoms with E-state index >= 15 is 0 Å². The van der Waals surface area contributed by atoms with Gasteiger partial charge in [0.2, 0.25) is 0 Å². The van der Waals surface area contributed by atoms with Crippen molar-refractivity contribution >= 4 is 11.3 Å². The lowest BCUT2D eigenvalue weighted by atomic mass is 10.1. The summed E-state index contributed by atoms with van der Waals surface area (Å²) in [5.74, 6) is 5.58. The van der Waals surface area contributed by atoms with Crippen LogP contribution in [-0.4, -0.2) is 15.2 Å². The molecule has 17 heavy (non-hydrogen) atoms. The van der Waals surface area contributed by atoms with E-state index in [1.54, 1.807) is 23.7 Å². The van der Waals surface area contributed by atoms with E-state index in [4.69, 9.17) is 5.84 Å². The molecular formula is C11H15N5S. The maximum atomic E-state index is 5.58. The zero-order valence-electron chi connectivity index (χ0n) is 9.84. The molecule has 0 fully saturated rings. The molecule has 1 unspecified atom stereocenters. The molecule has 2 heterocycles. The van der Waals surface area contributed by atoms with Crippen molar-refractivity contribution < 1.29 is 0 Å². The first-order chi connectivity index (χ1) is 8.20. The Hall–Kier alpha value is -1.37. The van der Waals surface area contributed by atoms with E-state index in [9.17, 15) is 0 Å². The van der Waals surface area contributed by atoms with Crippen LogP contribution in [0.3, 0.4) is 0 Å².